The second-order valence-corrected chi connectivity index (χ2v) is 4.04. The molecule has 16 heavy (non-hydrogen) atoms. The van der Waals surface area contributed by atoms with Crippen LogP contribution in [0.25, 0.3) is 0 Å². The number of ether oxygens (including phenoxy) is 1. The Balaban J connectivity index is 2.25. The van der Waals surface area contributed by atoms with Crippen molar-refractivity contribution in [1.29, 1.82) is 5.26 Å². The number of aliphatic hydroxyl groups is 1. The molecule has 0 aliphatic carbocycles. The van der Waals surface area contributed by atoms with E-state index in [4.69, 9.17) is 4.74 Å². The van der Waals surface area contributed by atoms with Gasteiger partial charge in [0, 0.05) is 19.4 Å². The summed E-state index contributed by atoms with van der Waals surface area (Å²) >= 11 is 0. The molecule has 1 unspecified atom stereocenters. The monoisotopic (exact) mass is 218 g/mol. The standard InChI is InChI=1S/C12H14N2O2/c13-9-12(4-7-16-8-5-12)11(15)10-3-1-2-6-14-10/h1-3,6,11,15H,4-5,7-8H2. The lowest BCUT2D eigenvalue weighted by atomic mass is 9.75. The average Bonchev–Trinajstić information content (AvgIpc) is 2.39. The van der Waals surface area contributed by atoms with Crippen LogP contribution >= 0.6 is 0 Å². The summed E-state index contributed by atoms with van der Waals surface area (Å²) in [7, 11) is 0. The second kappa shape index (κ2) is 4.60. The maximum Gasteiger partial charge on any atom is 0.115 e. The number of nitriles is 1. The minimum absolute atomic E-state index is 0.525. The zero-order chi connectivity index (χ0) is 11.4. The summed E-state index contributed by atoms with van der Waals surface area (Å²) in [5, 5.41) is 19.5. The highest BCUT2D eigenvalue weighted by atomic mass is 16.5. The number of rotatable bonds is 2. The molecule has 1 atom stereocenters. The van der Waals surface area contributed by atoms with Crippen LogP contribution in [-0.4, -0.2) is 23.3 Å². The normalized spacial score (nSPS) is 21.0. The van der Waals surface area contributed by atoms with Crippen molar-refractivity contribution in [1.82, 2.24) is 4.98 Å². The van der Waals surface area contributed by atoms with E-state index in [1.165, 1.54) is 0 Å². The zero-order valence-corrected chi connectivity index (χ0v) is 8.97. The number of hydrogen-bond acceptors (Lipinski definition) is 4. The molecule has 1 fully saturated rings. The molecule has 0 spiro atoms. The highest BCUT2D eigenvalue weighted by Gasteiger charge is 2.41. The fourth-order valence-electron chi connectivity index (χ4n) is 2.00. The molecule has 1 aromatic heterocycles. The average molecular weight is 218 g/mol. The van der Waals surface area contributed by atoms with Gasteiger partial charge in [-0.2, -0.15) is 5.26 Å². The molecule has 1 N–H and O–H groups in total. The number of aromatic nitrogens is 1. The second-order valence-electron chi connectivity index (χ2n) is 4.04. The Kier molecular flexibility index (Phi) is 3.18. The van der Waals surface area contributed by atoms with Gasteiger partial charge in [-0.15, -0.1) is 0 Å². The third-order valence-corrected chi connectivity index (χ3v) is 3.10. The predicted molar refractivity (Wildman–Crippen MR) is 57.3 cm³/mol. The fraction of sp³-hybridized carbons (Fsp3) is 0.500. The van der Waals surface area contributed by atoms with Crippen LogP contribution in [0.4, 0.5) is 0 Å². The van der Waals surface area contributed by atoms with Crippen LogP contribution in [0.3, 0.4) is 0 Å². The molecule has 0 radical (unpaired) electrons. The number of pyridine rings is 1. The minimum atomic E-state index is -0.831. The van der Waals surface area contributed by atoms with Crippen LogP contribution in [0.2, 0.25) is 0 Å². The van der Waals surface area contributed by atoms with E-state index in [0.717, 1.165) is 0 Å². The molecular formula is C12H14N2O2. The molecule has 2 rings (SSSR count). The molecule has 0 saturated carbocycles. The van der Waals surface area contributed by atoms with Gasteiger partial charge in [0.05, 0.1) is 17.2 Å². The van der Waals surface area contributed by atoms with Crippen LogP contribution in [0.1, 0.15) is 24.6 Å². The van der Waals surface area contributed by atoms with E-state index in [-0.39, 0.29) is 0 Å². The minimum Gasteiger partial charge on any atom is -0.385 e. The molecule has 1 saturated heterocycles. The summed E-state index contributed by atoms with van der Waals surface area (Å²) in [6, 6.07) is 7.60. The molecule has 1 aliphatic heterocycles. The van der Waals surface area contributed by atoms with Crippen LogP contribution in [0, 0.1) is 16.7 Å². The summed E-state index contributed by atoms with van der Waals surface area (Å²) < 4.78 is 5.23. The van der Waals surface area contributed by atoms with Crippen molar-refractivity contribution >= 4 is 0 Å². The van der Waals surface area contributed by atoms with Gasteiger partial charge in [-0.1, -0.05) is 6.07 Å². The largest absolute Gasteiger partial charge is 0.385 e. The molecule has 1 aromatic rings. The molecule has 1 aliphatic rings. The van der Waals surface area contributed by atoms with Gasteiger partial charge in [-0.25, -0.2) is 0 Å². The Labute approximate surface area is 94.5 Å². The van der Waals surface area contributed by atoms with Crippen molar-refractivity contribution in [3.63, 3.8) is 0 Å². The van der Waals surface area contributed by atoms with Crippen LogP contribution in [-0.2, 0) is 4.74 Å². The molecule has 84 valence electrons. The Bertz CT molecular complexity index is 380. The van der Waals surface area contributed by atoms with Crippen LogP contribution < -0.4 is 0 Å². The first-order valence-electron chi connectivity index (χ1n) is 5.36. The Hall–Kier alpha value is -1.44. The topological polar surface area (TPSA) is 66.1 Å². The molecule has 0 amide bonds. The maximum absolute atomic E-state index is 10.3. The zero-order valence-electron chi connectivity index (χ0n) is 8.97. The van der Waals surface area contributed by atoms with Crippen molar-refractivity contribution < 1.29 is 9.84 Å². The van der Waals surface area contributed by atoms with Gasteiger partial charge in [0.25, 0.3) is 0 Å². The molecular weight excluding hydrogens is 204 g/mol. The van der Waals surface area contributed by atoms with Crippen molar-refractivity contribution in [3.05, 3.63) is 30.1 Å². The van der Waals surface area contributed by atoms with E-state index in [1.807, 2.05) is 6.07 Å². The number of aliphatic hydroxyl groups excluding tert-OH is 1. The summed E-state index contributed by atoms with van der Waals surface area (Å²) in [5.74, 6) is 0. The van der Waals surface area contributed by atoms with Gasteiger partial charge < -0.3 is 9.84 Å². The van der Waals surface area contributed by atoms with E-state index in [9.17, 15) is 10.4 Å². The molecule has 0 aromatic carbocycles. The first-order chi connectivity index (χ1) is 7.78. The van der Waals surface area contributed by atoms with Gasteiger partial charge in [0.2, 0.25) is 0 Å². The highest BCUT2D eigenvalue weighted by Crippen LogP contribution is 2.41. The predicted octanol–water partition coefficient (Wildman–Crippen LogP) is 1.44. The lowest BCUT2D eigenvalue weighted by Crippen LogP contribution is -2.34. The van der Waals surface area contributed by atoms with Gasteiger partial charge in [0.1, 0.15) is 6.10 Å². The number of nitrogens with zero attached hydrogens (tertiary/aromatic N) is 2. The third kappa shape index (κ3) is 1.92. The maximum atomic E-state index is 10.3. The third-order valence-electron chi connectivity index (χ3n) is 3.10. The smallest absolute Gasteiger partial charge is 0.115 e. The van der Waals surface area contributed by atoms with E-state index in [2.05, 4.69) is 11.1 Å². The SMILES string of the molecule is N#CC1(C(O)c2ccccn2)CCOCC1. The lowest BCUT2D eigenvalue weighted by molar-refractivity contribution is -0.0326. The van der Waals surface area contributed by atoms with Gasteiger partial charge in [-0.05, 0) is 25.0 Å². The summed E-state index contributed by atoms with van der Waals surface area (Å²) in [6.45, 7) is 1.05. The summed E-state index contributed by atoms with van der Waals surface area (Å²) in [4.78, 5) is 4.10. The van der Waals surface area contributed by atoms with Gasteiger partial charge in [-0.3, -0.25) is 4.98 Å². The molecule has 4 nitrogen and oxygen atoms in total. The quantitative estimate of drug-likeness (QED) is 0.815. The number of hydrogen-bond donors (Lipinski definition) is 1. The Morgan fingerprint density at radius 1 is 1.44 bits per heavy atom. The first kappa shape index (κ1) is 11.1. The Morgan fingerprint density at radius 2 is 2.19 bits per heavy atom. The Morgan fingerprint density at radius 3 is 2.75 bits per heavy atom. The first-order valence-corrected chi connectivity index (χ1v) is 5.36. The fourth-order valence-corrected chi connectivity index (χ4v) is 2.00. The highest BCUT2D eigenvalue weighted by molar-refractivity contribution is 5.16. The molecule has 0 bridgehead atoms. The summed E-state index contributed by atoms with van der Waals surface area (Å²) in [5.41, 5.74) is -0.182. The van der Waals surface area contributed by atoms with Gasteiger partial charge >= 0.3 is 0 Å². The lowest BCUT2D eigenvalue weighted by Gasteiger charge is -2.34. The van der Waals surface area contributed by atoms with Crippen LogP contribution in [0.15, 0.2) is 24.4 Å². The van der Waals surface area contributed by atoms with Crippen molar-refractivity contribution in [2.75, 3.05) is 13.2 Å². The van der Waals surface area contributed by atoms with E-state index in [0.29, 0.717) is 31.7 Å². The van der Waals surface area contributed by atoms with E-state index < -0.39 is 11.5 Å². The van der Waals surface area contributed by atoms with Gasteiger partial charge in [0.15, 0.2) is 0 Å². The molecule has 2 heterocycles. The van der Waals surface area contributed by atoms with Crippen molar-refractivity contribution in [3.8, 4) is 6.07 Å². The van der Waals surface area contributed by atoms with E-state index >= 15 is 0 Å². The molecule has 4 heteroatoms. The summed E-state index contributed by atoms with van der Waals surface area (Å²) in [6.07, 6.45) is 1.91. The van der Waals surface area contributed by atoms with Crippen LogP contribution in [0.5, 0.6) is 0 Å². The van der Waals surface area contributed by atoms with Crippen molar-refractivity contribution in [2.24, 2.45) is 5.41 Å². The van der Waals surface area contributed by atoms with E-state index in [1.54, 1.807) is 18.3 Å². The van der Waals surface area contributed by atoms with Crippen molar-refractivity contribution in [2.45, 2.75) is 18.9 Å².